The first-order valence-corrected chi connectivity index (χ1v) is 12.2. The molecule has 0 saturated heterocycles. The molecule has 0 unspecified atom stereocenters. The van der Waals surface area contributed by atoms with E-state index in [-0.39, 0.29) is 17.7 Å². The zero-order valence-corrected chi connectivity index (χ0v) is 22.4. The number of aryl methyl sites for hydroxylation is 1. The number of carbonyl (C=O) groups is 1. The molecule has 0 fully saturated rings. The number of methoxy groups -OCH3 is 3. The molecule has 0 aliphatic carbocycles. The van der Waals surface area contributed by atoms with Gasteiger partial charge in [0.15, 0.2) is 0 Å². The normalized spacial score (nSPS) is 11.1. The third kappa shape index (κ3) is 4.48. The minimum atomic E-state index is -0.693. The number of rotatable bonds is 7. The van der Waals surface area contributed by atoms with E-state index in [0.717, 1.165) is 4.57 Å². The van der Waals surface area contributed by atoms with Crippen LogP contribution in [0, 0.1) is 0 Å². The monoisotopic (exact) mass is 548 g/mol. The zero-order chi connectivity index (χ0) is 27.8. The van der Waals surface area contributed by atoms with Gasteiger partial charge >= 0.3 is 5.69 Å². The van der Waals surface area contributed by atoms with Crippen LogP contribution in [0.5, 0.6) is 17.2 Å². The van der Waals surface area contributed by atoms with E-state index in [1.54, 1.807) is 66.2 Å². The van der Waals surface area contributed by atoms with Crippen LogP contribution in [-0.4, -0.2) is 40.9 Å². The predicted molar refractivity (Wildman–Crippen MR) is 150 cm³/mol. The van der Waals surface area contributed by atoms with Crippen LogP contribution < -0.4 is 30.8 Å². The van der Waals surface area contributed by atoms with E-state index in [1.165, 1.54) is 32.0 Å². The van der Waals surface area contributed by atoms with Crippen LogP contribution in [0.2, 0.25) is 5.02 Å². The number of nitrogens with one attached hydrogen (secondary N) is 1. The number of nitrogens with zero attached hydrogens (tertiary/aromatic N) is 3. The molecule has 0 aliphatic rings. The van der Waals surface area contributed by atoms with Crippen LogP contribution in [0.1, 0.15) is 0 Å². The topological polar surface area (TPSA) is 106 Å². The summed E-state index contributed by atoms with van der Waals surface area (Å²) in [5.41, 5.74) is 0.704. The number of hydrogen-bond acceptors (Lipinski definition) is 6. The summed E-state index contributed by atoms with van der Waals surface area (Å²) in [4.78, 5) is 41.1. The molecule has 0 bridgehead atoms. The van der Waals surface area contributed by atoms with Gasteiger partial charge in [0.1, 0.15) is 29.3 Å². The molecule has 1 amide bonds. The standard InChI is InChI=1S/C28H25ClN4O6/c1-31-22-11-9-18(37-2)13-20(22)25-26(31)27(35)33(17-7-5-6-16(29)12-17)28(36)32(25)15-24(34)30-21-10-8-19(38-3)14-23(21)39-4/h5-14H,15H2,1-4H3,(H,30,34). The Labute approximate surface area is 227 Å². The summed E-state index contributed by atoms with van der Waals surface area (Å²) in [6.45, 7) is -0.387. The third-order valence-electron chi connectivity index (χ3n) is 6.53. The van der Waals surface area contributed by atoms with Gasteiger partial charge in [0.2, 0.25) is 5.91 Å². The lowest BCUT2D eigenvalue weighted by Gasteiger charge is -2.15. The van der Waals surface area contributed by atoms with Crippen molar-refractivity contribution in [3.05, 3.63) is 86.5 Å². The second-order valence-electron chi connectivity index (χ2n) is 8.74. The Bertz CT molecular complexity index is 1870. The average molecular weight is 549 g/mol. The minimum absolute atomic E-state index is 0.243. The number of amides is 1. The van der Waals surface area contributed by atoms with Crippen LogP contribution >= 0.6 is 11.6 Å². The van der Waals surface area contributed by atoms with Crippen molar-refractivity contribution in [3.63, 3.8) is 0 Å². The second-order valence-corrected chi connectivity index (χ2v) is 9.18. The van der Waals surface area contributed by atoms with Gasteiger partial charge in [-0.2, -0.15) is 0 Å². The minimum Gasteiger partial charge on any atom is -0.497 e. The van der Waals surface area contributed by atoms with Gasteiger partial charge in [-0.15, -0.1) is 0 Å². The maximum Gasteiger partial charge on any atom is 0.336 e. The van der Waals surface area contributed by atoms with Crippen molar-refractivity contribution in [1.29, 1.82) is 0 Å². The molecule has 0 aliphatic heterocycles. The summed E-state index contributed by atoms with van der Waals surface area (Å²) in [6, 6.07) is 16.7. The van der Waals surface area contributed by atoms with E-state index in [9.17, 15) is 14.4 Å². The van der Waals surface area contributed by atoms with Gasteiger partial charge in [-0.1, -0.05) is 17.7 Å². The van der Waals surface area contributed by atoms with E-state index in [2.05, 4.69) is 5.32 Å². The third-order valence-corrected chi connectivity index (χ3v) is 6.76. The van der Waals surface area contributed by atoms with Crippen LogP contribution in [0.3, 0.4) is 0 Å². The predicted octanol–water partition coefficient (Wildman–Crippen LogP) is 3.96. The molecule has 1 N–H and O–H groups in total. The van der Waals surface area contributed by atoms with Crippen molar-refractivity contribution in [2.75, 3.05) is 26.6 Å². The molecular formula is C28H25ClN4O6. The summed E-state index contributed by atoms with van der Waals surface area (Å²) in [7, 11) is 6.26. The van der Waals surface area contributed by atoms with Crippen LogP contribution in [0.4, 0.5) is 5.69 Å². The summed E-state index contributed by atoms with van der Waals surface area (Å²) >= 11 is 6.18. The van der Waals surface area contributed by atoms with Crippen molar-refractivity contribution >= 4 is 45.1 Å². The van der Waals surface area contributed by atoms with Crippen LogP contribution in [-0.2, 0) is 18.4 Å². The molecule has 39 heavy (non-hydrogen) atoms. The van der Waals surface area contributed by atoms with Gasteiger partial charge in [0, 0.05) is 23.5 Å². The Balaban J connectivity index is 1.74. The number of aromatic nitrogens is 3. The first kappa shape index (κ1) is 25.9. The molecule has 2 heterocycles. The number of ether oxygens (including phenoxy) is 3. The number of anilines is 1. The summed E-state index contributed by atoms with van der Waals surface area (Å²) in [5.74, 6) is 0.985. The molecule has 5 rings (SSSR count). The van der Waals surface area contributed by atoms with Crippen molar-refractivity contribution < 1.29 is 19.0 Å². The molecule has 200 valence electrons. The molecule has 5 aromatic rings. The Morgan fingerprint density at radius 2 is 1.62 bits per heavy atom. The van der Waals surface area contributed by atoms with E-state index < -0.39 is 17.2 Å². The van der Waals surface area contributed by atoms with Gasteiger partial charge in [-0.3, -0.25) is 14.2 Å². The number of fused-ring (bicyclic) bond motifs is 3. The van der Waals surface area contributed by atoms with E-state index in [0.29, 0.717) is 44.4 Å². The van der Waals surface area contributed by atoms with Gasteiger partial charge in [0.25, 0.3) is 5.56 Å². The highest BCUT2D eigenvalue weighted by molar-refractivity contribution is 6.30. The Kier molecular flexibility index (Phi) is 6.80. The van der Waals surface area contributed by atoms with Crippen molar-refractivity contribution in [1.82, 2.24) is 13.7 Å². The second kappa shape index (κ2) is 10.2. The lowest BCUT2D eigenvalue weighted by molar-refractivity contribution is -0.116. The molecule has 2 aromatic heterocycles. The molecule has 0 saturated carbocycles. The first-order valence-electron chi connectivity index (χ1n) is 11.9. The lowest BCUT2D eigenvalue weighted by Crippen LogP contribution is -2.41. The van der Waals surface area contributed by atoms with Gasteiger partial charge in [0.05, 0.1) is 43.7 Å². The highest BCUT2D eigenvalue weighted by atomic mass is 35.5. The molecule has 3 aromatic carbocycles. The van der Waals surface area contributed by atoms with E-state index in [4.69, 9.17) is 25.8 Å². The fourth-order valence-electron chi connectivity index (χ4n) is 4.68. The number of halogens is 1. The van der Waals surface area contributed by atoms with Crippen molar-refractivity contribution in [2.45, 2.75) is 6.54 Å². The zero-order valence-electron chi connectivity index (χ0n) is 21.6. The molecule has 0 atom stereocenters. The SMILES string of the molecule is COc1ccc(NC(=O)Cn2c(=O)n(-c3cccc(Cl)c3)c(=O)c3c2c2cc(OC)ccc2n3C)c(OC)c1. The Morgan fingerprint density at radius 1 is 0.897 bits per heavy atom. The number of carbonyl (C=O) groups excluding carboxylic acids is 1. The molecule has 0 radical (unpaired) electrons. The van der Waals surface area contributed by atoms with Crippen molar-refractivity contribution in [3.8, 4) is 22.9 Å². The van der Waals surface area contributed by atoms with Gasteiger partial charge < -0.3 is 24.1 Å². The molecule has 11 heteroatoms. The average Bonchev–Trinajstić information content (AvgIpc) is 3.23. The number of hydrogen-bond donors (Lipinski definition) is 1. The summed E-state index contributed by atoms with van der Waals surface area (Å²) in [6.07, 6.45) is 0. The Morgan fingerprint density at radius 3 is 2.31 bits per heavy atom. The molecule has 0 spiro atoms. The van der Waals surface area contributed by atoms with Gasteiger partial charge in [-0.05, 0) is 48.5 Å². The van der Waals surface area contributed by atoms with E-state index in [1.807, 2.05) is 0 Å². The fraction of sp³-hybridized carbons (Fsp3) is 0.179. The van der Waals surface area contributed by atoms with Gasteiger partial charge in [-0.25, -0.2) is 9.36 Å². The highest BCUT2D eigenvalue weighted by Crippen LogP contribution is 2.31. The molecular weight excluding hydrogens is 524 g/mol. The smallest absolute Gasteiger partial charge is 0.336 e. The van der Waals surface area contributed by atoms with Crippen molar-refractivity contribution in [2.24, 2.45) is 7.05 Å². The maximum absolute atomic E-state index is 13.9. The lowest BCUT2D eigenvalue weighted by atomic mass is 10.2. The Hall–Kier alpha value is -4.70. The fourth-order valence-corrected chi connectivity index (χ4v) is 4.87. The maximum atomic E-state index is 13.9. The number of benzene rings is 3. The highest BCUT2D eigenvalue weighted by Gasteiger charge is 2.23. The van der Waals surface area contributed by atoms with Crippen LogP contribution in [0.15, 0.2) is 70.3 Å². The summed E-state index contributed by atoms with van der Waals surface area (Å²) in [5, 5.41) is 3.74. The van der Waals surface area contributed by atoms with E-state index >= 15 is 0 Å². The quantitative estimate of drug-likeness (QED) is 0.330. The molecule has 10 nitrogen and oxygen atoms in total. The first-order chi connectivity index (χ1) is 18.8. The summed E-state index contributed by atoms with van der Waals surface area (Å²) < 4.78 is 20.0. The largest absolute Gasteiger partial charge is 0.497 e. The van der Waals surface area contributed by atoms with Crippen LogP contribution in [0.25, 0.3) is 27.6 Å².